The Hall–Kier alpha value is -1.90. The zero-order chi connectivity index (χ0) is 17.4. The summed E-state index contributed by atoms with van der Waals surface area (Å²) in [7, 11) is 0. The summed E-state index contributed by atoms with van der Waals surface area (Å²) in [5, 5.41) is 19.3. The van der Waals surface area contributed by atoms with Crippen molar-refractivity contribution in [1.29, 1.82) is 0 Å². The number of benzene rings is 2. The number of hydrogen-bond acceptors (Lipinski definition) is 5. The van der Waals surface area contributed by atoms with Crippen LogP contribution in [0.3, 0.4) is 0 Å². The van der Waals surface area contributed by atoms with Gasteiger partial charge in [0.2, 0.25) is 0 Å². The van der Waals surface area contributed by atoms with Crippen molar-refractivity contribution < 1.29 is 15.2 Å². The topological polar surface area (TPSA) is 91.7 Å². The molecule has 3 rings (SSSR count). The first-order valence-electron chi connectivity index (χ1n) is 6.94. The smallest absolute Gasteiger partial charge is 0.262 e. The van der Waals surface area contributed by atoms with E-state index in [1.807, 2.05) is 18.2 Å². The predicted molar refractivity (Wildman–Crippen MR) is 94.8 cm³/mol. The van der Waals surface area contributed by atoms with E-state index < -0.39 is 0 Å². The number of aromatic nitrogens is 1. The van der Waals surface area contributed by atoms with Gasteiger partial charge in [0.05, 0.1) is 10.5 Å². The quantitative estimate of drug-likeness (QED) is 0.571. The third-order valence-corrected chi connectivity index (χ3v) is 4.67. The second-order valence-corrected chi connectivity index (χ2v) is 6.39. The van der Waals surface area contributed by atoms with Crippen LogP contribution < -0.4 is 11.0 Å². The number of fused-ring (bicyclic) bond motifs is 1. The molecule has 0 bridgehead atoms. The van der Waals surface area contributed by atoms with Crippen molar-refractivity contribution in [3.8, 4) is 0 Å². The van der Waals surface area contributed by atoms with E-state index in [1.54, 1.807) is 6.20 Å². The number of para-hydroxylation sites is 1. The second-order valence-electron chi connectivity index (χ2n) is 5.13. The first kappa shape index (κ1) is 16.9. The van der Waals surface area contributed by atoms with E-state index in [9.17, 15) is 15.2 Å². The number of rotatable bonds is 3. The Kier molecular flexibility index (Phi) is 4.62. The van der Waals surface area contributed by atoms with E-state index in [1.165, 1.54) is 22.8 Å². The fourth-order valence-electron chi connectivity index (χ4n) is 2.57. The molecular formula is C16H13BrClN3O3. The lowest BCUT2D eigenvalue weighted by molar-refractivity contribution is 0.0292. The Bertz CT molecular complexity index is 940. The molecule has 0 spiro atoms. The van der Waals surface area contributed by atoms with Crippen LogP contribution in [0.2, 0.25) is 5.02 Å². The van der Waals surface area contributed by atoms with Gasteiger partial charge >= 0.3 is 0 Å². The van der Waals surface area contributed by atoms with Crippen molar-refractivity contribution in [2.75, 3.05) is 5.23 Å². The Labute approximate surface area is 150 Å². The summed E-state index contributed by atoms with van der Waals surface area (Å²) in [5.41, 5.74) is 7.47. The predicted octanol–water partition coefficient (Wildman–Crippen LogP) is 3.79. The molecule has 1 aromatic heterocycles. The summed E-state index contributed by atoms with van der Waals surface area (Å²) in [5.74, 6) is -0.341. The van der Waals surface area contributed by atoms with Crippen molar-refractivity contribution >= 4 is 50.0 Å². The van der Waals surface area contributed by atoms with Crippen LogP contribution in [0.5, 0.6) is 0 Å². The average molecular weight is 411 g/mol. The fraction of sp³-hybridized carbons (Fsp3) is 0.0625. The standard InChI is InChI=1S/C16H13BrClN3O3/c17-12-3-1-2-11-10(7-19)8-20(15(11)12)16(22)9-4-5-13(18)14(6-9)21(23)24/h1-6,8,23-24H,7,19H2. The molecule has 0 atom stereocenters. The number of carbonyl (C=O) groups excluding carboxylic acids is 1. The van der Waals surface area contributed by atoms with E-state index in [0.717, 1.165) is 15.4 Å². The molecule has 0 aliphatic rings. The number of nitrogens with zero attached hydrogens (tertiary/aromatic N) is 2. The molecule has 0 aliphatic heterocycles. The molecule has 0 saturated heterocycles. The van der Waals surface area contributed by atoms with Crippen LogP contribution >= 0.6 is 27.5 Å². The maximum Gasteiger partial charge on any atom is 0.262 e. The van der Waals surface area contributed by atoms with Crippen molar-refractivity contribution in [2.45, 2.75) is 6.54 Å². The highest BCUT2D eigenvalue weighted by atomic mass is 79.9. The van der Waals surface area contributed by atoms with Gasteiger partial charge in [-0.25, -0.2) is 0 Å². The largest absolute Gasteiger partial charge is 0.326 e. The van der Waals surface area contributed by atoms with Crippen LogP contribution in [0.25, 0.3) is 10.9 Å². The summed E-state index contributed by atoms with van der Waals surface area (Å²) in [6, 6.07) is 9.84. The molecule has 0 radical (unpaired) electrons. The minimum atomic E-state index is -0.341. The molecule has 0 aliphatic carbocycles. The maximum absolute atomic E-state index is 12.9. The molecule has 124 valence electrons. The van der Waals surface area contributed by atoms with Gasteiger partial charge in [-0.2, -0.15) is 0 Å². The van der Waals surface area contributed by atoms with Gasteiger partial charge in [0.1, 0.15) is 5.69 Å². The van der Waals surface area contributed by atoms with Crippen LogP contribution in [-0.2, 0) is 6.54 Å². The molecule has 24 heavy (non-hydrogen) atoms. The first-order chi connectivity index (χ1) is 11.4. The zero-order valence-corrected chi connectivity index (χ0v) is 14.6. The highest BCUT2D eigenvalue weighted by molar-refractivity contribution is 9.10. The molecule has 0 saturated carbocycles. The fourth-order valence-corrected chi connectivity index (χ4v) is 3.32. The number of nitrogens with two attached hydrogens (primary N) is 1. The summed E-state index contributed by atoms with van der Waals surface area (Å²) < 4.78 is 2.24. The van der Waals surface area contributed by atoms with E-state index in [4.69, 9.17) is 17.3 Å². The van der Waals surface area contributed by atoms with Crippen molar-refractivity contribution in [3.63, 3.8) is 0 Å². The summed E-state index contributed by atoms with van der Waals surface area (Å²) in [6.45, 7) is 0.292. The molecule has 8 heteroatoms. The van der Waals surface area contributed by atoms with E-state index in [0.29, 0.717) is 12.1 Å². The van der Waals surface area contributed by atoms with Gasteiger partial charge in [0.25, 0.3) is 5.91 Å². The minimum Gasteiger partial charge on any atom is -0.326 e. The lowest BCUT2D eigenvalue weighted by atomic mass is 10.1. The normalized spacial score (nSPS) is 11.0. The Balaban J connectivity index is 2.18. The van der Waals surface area contributed by atoms with Gasteiger partial charge in [-0.15, -0.1) is 5.23 Å². The second kappa shape index (κ2) is 6.54. The highest BCUT2D eigenvalue weighted by Crippen LogP contribution is 2.30. The number of hydrogen-bond donors (Lipinski definition) is 3. The summed E-state index contributed by atoms with van der Waals surface area (Å²) in [4.78, 5) is 12.9. The molecular weight excluding hydrogens is 398 g/mol. The van der Waals surface area contributed by atoms with Crippen LogP contribution in [0.15, 0.2) is 47.1 Å². The number of halogens is 2. The third-order valence-electron chi connectivity index (χ3n) is 3.71. The van der Waals surface area contributed by atoms with E-state index in [-0.39, 0.29) is 27.4 Å². The SMILES string of the molecule is NCc1cn(C(=O)c2ccc(Cl)c(N(O)O)c2)c2c(Br)cccc12. The summed E-state index contributed by atoms with van der Waals surface area (Å²) >= 11 is 9.34. The lowest BCUT2D eigenvalue weighted by Gasteiger charge is -2.12. The Morgan fingerprint density at radius 3 is 2.71 bits per heavy atom. The van der Waals surface area contributed by atoms with Crippen LogP contribution in [-0.4, -0.2) is 20.9 Å². The summed E-state index contributed by atoms with van der Waals surface area (Å²) in [6.07, 6.45) is 1.68. The van der Waals surface area contributed by atoms with E-state index >= 15 is 0 Å². The average Bonchev–Trinajstić information content (AvgIpc) is 2.94. The first-order valence-corrected chi connectivity index (χ1v) is 8.11. The van der Waals surface area contributed by atoms with Crippen LogP contribution in [0.4, 0.5) is 5.69 Å². The zero-order valence-electron chi connectivity index (χ0n) is 12.3. The van der Waals surface area contributed by atoms with E-state index in [2.05, 4.69) is 15.9 Å². The van der Waals surface area contributed by atoms with Crippen molar-refractivity contribution in [2.24, 2.45) is 5.73 Å². The Morgan fingerprint density at radius 1 is 1.29 bits per heavy atom. The molecule has 0 amide bonds. The molecule has 4 N–H and O–H groups in total. The molecule has 1 heterocycles. The minimum absolute atomic E-state index is 0.0860. The van der Waals surface area contributed by atoms with Gasteiger partial charge in [0, 0.05) is 28.2 Å². The molecule has 3 aromatic rings. The lowest BCUT2D eigenvalue weighted by Crippen LogP contribution is -2.15. The van der Waals surface area contributed by atoms with Crippen LogP contribution in [0, 0.1) is 0 Å². The van der Waals surface area contributed by atoms with Gasteiger partial charge in [-0.3, -0.25) is 19.8 Å². The maximum atomic E-state index is 12.9. The molecule has 0 fully saturated rings. The molecule has 6 nitrogen and oxygen atoms in total. The van der Waals surface area contributed by atoms with Gasteiger partial charge in [-0.1, -0.05) is 23.7 Å². The number of anilines is 1. The van der Waals surface area contributed by atoms with Gasteiger partial charge in [0.15, 0.2) is 0 Å². The van der Waals surface area contributed by atoms with Crippen LogP contribution in [0.1, 0.15) is 15.9 Å². The third kappa shape index (κ3) is 2.81. The van der Waals surface area contributed by atoms with Crippen molar-refractivity contribution in [3.05, 3.63) is 63.2 Å². The Morgan fingerprint density at radius 2 is 2.04 bits per heavy atom. The molecule has 2 aromatic carbocycles. The van der Waals surface area contributed by atoms with Gasteiger partial charge < -0.3 is 5.73 Å². The van der Waals surface area contributed by atoms with Gasteiger partial charge in [-0.05, 0) is 45.8 Å². The highest BCUT2D eigenvalue weighted by Gasteiger charge is 2.18. The van der Waals surface area contributed by atoms with Crippen molar-refractivity contribution in [1.82, 2.24) is 4.57 Å². The molecule has 0 unspecified atom stereocenters. The monoisotopic (exact) mass is 409 g/mol. The number of carbonyl (C=O) groups is 1.